The Kier molecular flexibility index (Phi) is 6.99. The van der Waals surface area contributed by atoms with Gasteiger partial charge in [0, 0.05) is 12.2 Å². The zero-order valence-electron chi connectivity index (χ0n) is 16.5. The van der Waals surface area contributed by atoms with E-state index in [9.17, 15) is 9.59 Å². The first kappa shape index (κ1) is 20.5. The standard InChI is InChI=1S/C22H28N2O3/c1-22(2,3)17-7-9-18(10-8-17)24-21(26)15-20(25)23-14-13-16-5-11-19(27-4)12-6-16/h5-12H,13-15H2,1-4H3,(H,23,25)(H,24,26). The van der Waals surface area contributed by atoms with E-state index in [1.54, 1.807) is 7.11 Å². The first-order valence-electron chi connectivity index (χ1n) is 9.08. The second kappa shape index (κ2) is 9.21. The Bertz CT molecular complexity index is 760. The number of amides is 2. The van der Waals surface area contributed by atoms with Gasteiger partial charge in [-0.1, -0.05) is 45.0 Å². The van der Waals surface area contributed by atoms with Crippen LogP contribution in [-0.2, 0) is 21.4 Å². The smallest absolute Gasteiger partial charge is 0.233 e. The van der Waals surface area contributed by atoms with E-state index in [0.29, 0.717) is 18.7 Å². The third-order valence-electron chi connectivity index (χ3n) is 4.25. The zero-order chi connectivity index (χ0) is 19.9. The van der Waals surface area contributed by atoms with E-state index >= 15 is 0 Å². The molecule has 0 bridgehead atoms. The molecule has 2 rings (SSSR count). The fraction of sp³-hybridized carbons (Fsp3) is 0.364. The van der Waals surface area contributed by atoms with Crippen LogP contribution >= 0.6 is 0 Å². The van der Waals surface area contributed by atoms with E-state index in [0.717, 1.165) is 11.3 Å². The Morgan fingerprint density at radius 3 is 2.11 bits per heavy atom. The maximum Gasteiger partial charge on any atom is 0.233 e. The molecule has 2 aromatic carbocycles. The van der Waals surface area contributed by atoms with Crippen molar-refractivity contribution in [2.45, 2.75) is 39.0 Å². The summed E-state index contributed by atoms with van der Waals surface area (Å²) in [6.45, 7) is 6.89. The van der Waals surface area contributed by atoms with Crippen LogP contribution in [0, 0.1) is 0 Å². The fourth-order valence-corrected chi connectivity index (χ4v) is 2.61. The van der Waals surface area contributed by atoms with Gasteiger partial charge in [-0.3, -0.25) is 9.59 Å². The van der Waals surface area contributed by atoms with Crippen molar-refractivity contribution in [3.8, 4) is 5.75 Å². The average Bonchev–Trinajstić information content (AvgIpc) is 2.62. The van der Waals surface area contributed by atoms with Crippen molar-refractivity contribution in [1.82, 2.24) is 5.32 Å². The first-order valence-corrected chi connectivity index (χ1v) is 9.08. The number of ether oxygens (including phenoxy) is 1. The van der Waals surface area contributed by atoms with Gasteiger partial charge in [0.2, 0.25) is 11.8 Å². The highest BCUT2D eigenvalue weighted by molar-refractivity contribution is 6.03. The maximum atomic E-state index is 12.0. The predicted octanol–water partition coefficient (Wildman–Crippen LogP) is 3.68. The van der Waals surface area contributed by atoms with Crippen LogP contribution in [0.25, 0.3) is 0 Å². The van der Waals surface area contributed by atoms with Gasteiger partial charge in [-0.05, 0) is 47.2 Å². The van der Waals surface area contributed by atoms with Crippen LogP contribution in [0.3, 0.4) is 0 Å². The molecule has 0 atom stereocenters. The van der Waals surface area contributed by atoms with E-state index < -0.39 is 0 Å². The molecule has 2 N–H and O–H groups in total. The number of carbonyl (C=O) groups is 2. The van der Waals surface area contributed by atoms with Gasteiger partial charge in [-0.15, -0.1) is 0 Å². The minimum absolute atomic E-state index is 0.0618. The van der Waals surface area contributed by atoms with E-state index in [1.165, 1.54) is 5.56 Å². The topological polar surface area (TPSA) is 67.4 Å². The molecule has 0 aliphatic rings. The van der Waals surface area contributed by atoms with E-state index in [2.05, 4.69) is 31.4 Å². The van der Waals surface area contributed by atoms with Crippen molar-refractivity contribution < 1.29 is 14.3 Å². The van der Waals surface area contributed by atoms with Crippen molar-refractivity contribution in [3.05, 3.63) is 59.7 Å². The molecule has 2 amide bonds. The highest BCUT2D eigenvalue weighted by atomic mass is 16.5. The molecule has 0 unspecified atom stereocenters. The van der Waals surface area contributed by atoms with Crippen molar-refractivity contribution in [2.24, 2.45) is 0 Å². The summed E-state index contributed by atoms with van der Waals surface area (Å²) >= 11 is 0. The molecular weight excluding hydrogens is 340 g/mol. The lowest BCUT2D eigenvalue weighted by Crippen LogP contribution is -2.29. The van der Waals surface area contributed by atoms with Crippen molar-refractivity contribution in [1.29, 1.82) is 0 Å². The quantitative estimate of drug-likeness (QED) is 0.733. The van der Waals surface area contributed by atoms with Crippen molar-refractivity contribution in [2.75, 3.05) is 19.0 Å². The largest absolute Gasteiger partial charge is 0.497 e. The van der Waals surface area contributed by atoms with Crippen LogP contribution in [-0.4, -0.2) is 25.5 Å². The molecule has 5 nitrogen and oxygen atoms in total. The number of benzene rings is 2. The van der Waals surface area contributed by atoms with E-state index in [4.69, 9.17) is 4.74 Å². The fourth-order valence-electron chi connectivity index (χ4n) is 2.61. The Morgan fingerprint density at radius 2 is 1.56 bits per heavy atom. The number of rotatable bonds is 7. The van der Waals surface area contributed by atoms with Crippen LogP contribution in [0.4, 0.5) is 5.69 Å². The lowest BCUT2D eigenvalue weighted by molar-refractivity contribution is -0.126. The Labute approximate surface area is 161 Å². The molecule has 0 fully saturated rings. The van der Waals surface area contributed by atoms with Crippen LogP contribution in [0.15, 0.2) is 48.5 Å². The summed E-state index contributed by atoms with van der Waals surface area (Å²) < 4.78 is 5.11. The molecule has 0 heterocycles. The summed E-state index contributed by atoms with van der Waals surface area (Å²) in [5.41, 5.74) is 3.04. The number of anilines is 1. The first-order chi connectivity index (χ1) is 12.8. The Balaban J connectivity index is 1.74. The molecule has 2 aromatic rings. The van der Waals surface area contributed by atoms with Gasteiger partial charge in [0.1, 0.15) is 12.2 Å². The SMILES string of the molecule is COc1ccc(CCNC(=O)CC(=O)Nc2ccc(C(C)(C)C)cc2)cc1. The third kappa shape index (κ3) is 6.77. The number of hydrogen-bond donors (Lipinski definition) is 2. The van der Waals surface area contributed by atoms with E-state index in [1.807, 2.05) is 48.5 Å². The summed E-state index contributed by atoms with van der Waals surface area (Å²) in [6.07, 6.45) is 0.509. The second-order valence-corrected chi connectivity index (χ2v) is 7.50. The normalized spacial score (nSPS) is 11.0. The molecule has 0 saturated heterocycles. The van der Waals surface area contributed by atoms with Crippen LogP contribution < -0.4 is 15.4 Å². The molecule has 0 aromatic heterocycles. The summed E-state index contributed by atoms with van der Waals surface area (Å²) in [5.74, 6) is 0.197. The third-order valence-corrected chi connectivity index (χ3v) is 4.25. The summed E-state index contributed by atoms with van der Waals surface area (Å²) in [7, 11) is 1.62. The lowest BCUT2D eigenvalue weighted by Gasteiger charge is -2.19. The number of hydrogen-bond acceptors (Lipinski definition) is 3. The van der Waals surface area contributed by atoms with E-state index in [-0.39, 0.29) is 23.7 Å². The van der Waals surface area contributed by atoms with Crippen LogP contribution in [0.1, 0.15) is 38.3 Å². The van der Waals surface area contributed by atoms with Gasteiger partial charge >= 0.3 is 0 Å². The predicted molar refractivity (Wildman–Crippen MR) is 108 cm³/mol. The Morgan fingerprint density at radius 1 is 0.926 bits per heavy atom. The van der Waals surface area contributed by atoms with Crippen molar-refractivity contribution >= 4 is 17.5 Å². The summed E-state index contributed by atoms with van der Waals surface area (Å²) in [4.78, 5) is 24.0. The van der Waals surface area contributed by atoms with Gasteiger partial charge < -0.3 is 15.4 Å². The minimum atomic E-state index is -0.319. The Hall–Kier alpha value is -2.82. The molecule has 5 heteroatoms. The monoisotopic (exact) mass is 368 g/mol. The molecule has 0 aliphatic carbocycles. The van der Waals surface area contributed by atoms with Crippen LogP contribution in [0.2, 0.25) is 0 Å². The average molecular weight is 368 g/mol. The zero-order valence-corrected chi connectivity index (χ0v) is 16.5. The lowest BCUT2D eigenvalue weighted by atomic mass is 9.87. The summed E-state index contributed by atoms with van der Waals surface area (Å²) in [5, 5.41) is 5.53. The minimum Gasteiger partial charge on any atom is -0.497 e. The molecule has 0 saturated carbocycles. The molecule has 0 radical (unpaired) electrons. The van der Waals surface area contributed by atoms with Gasteiger partial charge in [-0.25, -0.2) is 0 Å². The molecule has 27 heavy (non-hydrogen) atoms. The van der Waals surface area contributed by atoms with Crippen LogP contribution in [0.5, 0.6) is 5.75 Å². The number of carbonyl (C=O) groups excluding carboxylic acids is 2. The van der Waals surface area contributed by atoms with Gasteiger partial charge in [0.15, 0.2) is 0 Å². The molecule has 0 spiro atoms. The van der Waals surface area contributed by atoms with Gasteiger partial charge in [0.05, 0.1) is 7.11 Å². The molecule has 144 valence electrons. The maximum absolute atomic E-state index is 12.0. The molecular formula is C22H28N2O3. The highest BCUT2D eigenvalue weighted by Crippen LogP contribution is 2.23. The summed E-state index contributed by atoms with van der Waals surface area (Å²) in [6, 6.07) is 15.4. The number of methoxy groups -OCH3 is 1. The van der Waals surface area contributed by atoms with Gasteiger partial charge in [0.25, 0.3) is 0 Å². The van der Waals surface area contributed by atoms with Gasteiger partial charge in [-0.2, -0.15) is 0 Å². The number of nitrogens with one attached hydrogen (secondary N) is 2. The molecule has 0 aliphatic heterocycles. The van der Waals surface area contributed by atoms with Crippen molar-refractivity contribution in [3.63, 3.8) is 0 Å². The second-order valence-electron chi connectivity index (χ2n) is 7.50. The highest BCUT2D eigenvalue weighted by Gasteiger charge is 2.14.